The van der Waals surface area contributed by atoms with Gasteiger partial charge in [-0.3, -0.25) is 24.0 Å². The SMILES string of the molecule is CC[C@@](C)(C(=O)N(C)[C@H](C(=O)N[C@@H](CC(=O)OC(c1ccccc1)(c1ccc(C2CCCCCCCC2)cc1)c1ccccc1Cl)C(=O)N1CCCC1)C(C)C)N(C)C(=O)C(F)(F)F. The van der Waals surface area contributed by atoms with Gasteiger partial charge in [-0.1, -0.05) is 144 Å². The maximum atomic E-state index is 14.8. The van der Waals surface area contributed by atoms with Crippen molar-refractivity contribution in [2.75, 3.05) is 27.2 Å². The van der Waals surface area contributed by atoms with Gasteiger partial charge in [0.2, 0.25) is 17.7 Å². The Hall–Kier alpha value is -4.91. The zero-order valence-corrected chi connectivity index (χ0v) is 38.8. The van der Waals surface area contributed by atoms with Crippen molar-refractivity contribution >= 4 is 41.2 Å². The molecular weight excluding hydrogens is 845 g/mol. The summed E-state index contributed by atoms with van der Waals surface area (Å²) in [6.45, 7) is 6.79. The number of hydrogen-bond donors (Lipinski definition) is 1. The third-order valence-electron chi connectivity index (χ3n) is 13.3. The van der Waals surface area contributed by atoms with Crippen molar-refractivity contribution in [3.05, 3.63) is 106 Å². The molecule has 1 aliphatic heterocycles. The molecule has 0 radical (unpaired) electrons. The normalized spacial score (nSPS) is 18.0. The van der Waals surface area contributed by atoms with E-state index in [1.807, 2.05) is 48.5 Å². The third kappa shape index (κ3) is 11.3. The van der Waals surface area contributed by atoms with Crippen LogP contribution in [0.1, 0.15) is 133 Å². The molecule has 0 aromatic heterocycles. The van der Waals surface area contributed by atoms with Crippen LogP contribution in [0.4, 0.5) is 13.2 Å². The van der Waals surface area contributed by atoms with E-state index in [9.17, 15) is 37.1 Å². The molecule has 3 aromatic carbocycles. The number of nitrogens with one attached hydrogen (secondary N) is 1. The monoisotopic (exact) mass is 908 g/mol. The van der Waals surface area contributed by atoms with Gasteiger partial charge in [0.25, 0.3) is 0 Å². The third-order valence-corrected chi connectivity index (χ3v) is 13.7. The molecule has 4 amide bonds. The van der Waals surface area contributed by atoms with Crippen LogP contribution in [0.25, 0.3) is 0 Å². The number of ether oxygens (including phenoxy) is 1. The summed E-state index contributed by atoms with van der Waals surface area (Å²) in [5, 5.41) is 3.09. The maximum absolute atomic E-state index is 14.8. The first-order valence-corrected chi connectivity index (χ1v) is 23.1. The number of carbonyl (C=O) groups is 5. The van der Waals surface area contributed by atoms with E-state index < -0.39 is 71.3 Å². The zero-order chi connectivity index (χ0) is 46.8. The Kier molecular flexibility index (Phi) is 17.1. The van der Waals surface area contributed by atoms with Crippen molar-refractivity contribution < 1.29 is 41.9 Å². The molecule has 1 saturated heterocycles. The highest BCUT2D eigenvalue weighted by molar-refractivity contribution is 6.31. The van der Waals surface area contributed by atoms with Gasteiger partial charge in [-0.25, -0.2) is 0 Å². The lowest BCUT2D eigenvalue weighted by atomic mass is 9.78. The molecule has 0 bridgehead atoms. The van der Waals surface area contributed by atoms with E-state index in [0.717, 1.165) is 50.5 Å². The van der Waals surface area contributed by atoms with Crippen LogP contribution in [0.15, 0.2) is 78.9 Å². The second-order valence-corrected chi connectivity index (χ2v) is 18.3. The summed E-state index contributed by atoms with van der Waals surface area (Å²) in [5.74, 6) is -5.48. The summed E-state index contributed by atoms with van der Waals surface area (Å²) >= 11 is 7.01. The summed E-state index contributed by atoms with van der Waals surface area (Å²) in [6, 6.07) is 21.7. The van der Waals surface area contributed by atoms with Gasteiger partial charge in [-0.2, -0.15) is 13.2 Å². The molecule has 3 aromatic rings. The van der Waals surface area contributed by atoms with Crippen molar-refractivity contribution in [2.24, 2.45) is 5.92 Å². The van der Waals surface area contributed by atoms with Gasteiger partial charge in [0.1, 0.15) is 17.6 Å². The fraction of sp³-hybridized carbons (Fsp3) is 0.540. The lowest BCUT2D eigenvalue weighted by molar-refractivity contribution is -0.191. The number of nitrogens with zero attached hydrogens (tertiary/aromatic N) is 3. The van der Waals surface area contributed by atoms with E-state index in [0.29, 0.717) is 45.6 Å². The summed E-state index contributed by atoms with van der Waals surface area (Å²) in [5.41, 5.74) is -0.646. The molecule has 1 saturated carbocycles. The highest BCUT2D eigenvalue weighted by Gasteiger charge is 2.51. The number of likely N-dealkylation sites (tertiary alicyclic amines) is 1. The van der Waals surface area contributed by atoms with Crippen molar-refractivity contribution in [3.63, 3.8) is 0 Å². The van der Waals surface area contributed by atoms with Gasteiger partial charge < -0.3 is 24.8 Å². The van der Waals surface area contributed by atoms with E-state index in [-0.39, 0.29) is 6.42 Å². The van der Waals surface area contributed by atoms with Gasteiger partial charge in [0.05, 0.1) is 6.42 Å². The first-order valence-electron chi connectivity index (χ1n) is 22.7. The predicted octanol–water partition coefficient (Wildman–Crippen LogP) is 9.56. The molecule has 5 rings (SSSR count). The van der Waals surface area contributed by atoms with Crippen LogP contribution in [0.3, 0.4) is 0 Å². The fourth-order valence-electron chi connectivity index (χ4n) is 9.40. The van der Waals surface area contributed by atoms with E-state index >= 15 is 0 Å². The summed E-state index contributed by atoms with van der Waals surface area (Å²) < 4.78 is 47.4. The van der Waals surface area contributed by atoms with Gasteiger partial charge in [0, 0.05) is 48.9 Å². The largest absolute Gasteiger partial charge is 0.471 e. The average molecular weight is 910 g/mol. The van der Waals surface area contributed by atoms with Crippen molar-refractivity contribution in [1.29, 1.82) is 0 Å². The zero-order valence-electron chi connectivity index (χ0n) is 38.0. The Balaban J connectivity index is 1.52. The van der Waals surface area contributed by atoms with Crippen LogP contribution in [-0.4, -0.2) is 95.3 Å². The van der Waals surface area contributed by atoms with Gasteiger partial charge in [-0.15, -0.1) is 0 Å². The molecular formula is C50H64ClF3N4O6. The van der Waals surface area contributed by atoms with Crippen LogP contribution < -0.4 is 5.32 Å². The molecule has 348 valence electrons. The maximum Gasteiger partial charge on any atom is 0.471 e. The number of benzene rings is 3. The molecule has 1 heterocycles. The molecule has 2 aliphatic rings. The lowest BCUT2D eigenvalue weighted by Crippen LogP contribution is -2.64. The number of hydrogen-bond acceptors (Lipinski definition) is 6. The number of alkyl halides is 3. The smallest absolute Gasteiger partial charge is 0.444 e. The van der Waals surface area contributed by atoms with Crippen LogP contribution in [0.5, 0.6) is 0 Å². The second-order valence-electron chi connectivity index (χ2n) is 17.9. The number of rotatable bonds is 15. The minimum absolute atomic E-state index is 0.194. The summed E-state index contributed by atoms with van der Waals surface area (Å²) in [6.07, 6.45) is 4.87. The average Bonchev–Trinajstić information content (AvgIpc) is 3.86. The van der Waals surface area contributed by atoms with Gasteiger partial charge >= 0.3 is 18.1 Å². The van der Waals surface area contributed by atoms with Gasteiger partial charge in [-0.05, 0) is 62.5 Å². The molecule has 2 fully saturated rings. The Morgan fingerprint density at radius 1 is 0.781 bits per heavy atom. The summed E-state index contributed by atoms with van der Waals surface area (Å²) in [7, 11) is 2.18. The standard InChI is InChI=1S/C50H64ClF3N4O6/c1-7-48(4,57(6)47(63)50(52,53)54)46(62)56(5)43(34(2)3)44(60)55-41(45(61)58-31-19-20-32-58)33-42(59)64-49(37-23-15-12-16-24-37,39-25-17-18-26-40(39)51)38-29-27-36(28-30-38)35-21-13-10-8-9-11-14-22-35/h12,15-18,23-30,34-35,41,43H,7-11,13-14,19-22,31-33H2,1-6H3,(H,55,60)/t41-,43-,48-,49?/m0/s1. The Bertz CT molecular complexity index is 2070. The minimum atomic E-state index is -5.24. The molecule has 1 unspecified atom stereocenters. The number of halogens is 4. The highest BCUT2D eigenvalue weighted by Crippen LogP contribution is 2.45. The quantitative estimate of drug-likeness (QED) is 0.120. The first-order chi connectivity index (χ1) is 30.4. The fourth-order valence-corrected chi connectivity index (χ4v) is 9.67. The number of likely N-dealkylation sites (N-methyl/N-ethyl adjacent to an activating group) is 2. The second kappa shape index (κ2) is 21.8. The minimum Gasteiger partial charge on any atom is -0.444 e. The van der Waals surface area contributed by atoms with Crippen molar-refractivity contribution in [2.45, 2.75) is 140 Å². The molecule has 0 spiro atoms. The predicted molar refractivity (Wildman–Crippen MR) is 241 cm³/mol. The number of amides is 4. The van der Waals surface area contributed by atoms with Crippen LogP contribution in [-0.2, 0) is 34.3 Å². The van der Waals surface area contributed by atoms with Crippen molar-refractivity contribution in [1.82, 2.24) is 20.0 Å². The number of carbonyl (C=O) groups excluding carboxylic acids is 5. The molecule has 1 aliphatic carbocycles. The topological polar surface area (TPSA) is 116 Å². The van der Waals surface area contributed by atoms with Crippen LogP contribution in [0.2, 0.25) is 5.02 Å². The van der Waals surface area contributed by atoms with Gasteiger partial charge in [0.15, 0.2) is 5.60 Å². The molecule has 10 nitrogen and oxygen atoms in total. The van der Waals surface area contributed by atoms with Crippen molar-refractivity contribution in [3.8, 4) is 0 Å². The Morgan fingerprint density at radius 3 is 1.88 bits per heavy atom. The Labute approximate surface area is 381 Å². The van der Waals surface area contributed by atoms with E-state index in [1.165, 1.54) is 52.1 Å². The van der Waals surface area contributed by atoms with E-state index in [2.05, 4.69) is 17.4 Å². The van der Waals surface area contributed by atoms with E-state index in [1.54, 1.807) is 36.9 Å². The molecule has 64 heavy (non-hydrogen) atoms. The molecule has 4 atom stereocenters. The van der Waals surface area contributed by atoms with E-state index in [4.69, 9.17) is 16.3 Å². The Morgan fingerprint density at radius 2 is 1.33 bits per heavy atom. The lowest BCUT2D eigenvalue weighted by Gasteiger charge is -2.42. The number of esters is 1. The van der Waals surface area contributed by atoms with Crippen LogP contribution >= 0.6 is 11.6 Å². The first kappa shape index (κ1) is 50.1. The van der Waals surface area contributed by atoms with Crippen LogP contribution in [0, 0.1) is 5.92 Å². The molecule has 14 heteroatoms. The summed E-state index contributed by atoms with van der Waals surface area (Å²) in [4.78, 5) is 72.9. The molecule has 1 N–H and O–H groups in total. The highest BCUT2D eigenvalue weighted by atomic mass is 35.5.